The standard InChI is InChI=1S/C14H19N3O2/c1-5-18-14-10(3)13(15-8-16-14)17-11(4)12-7-6-9(2)19-12/h6-8,11H,5H2,1-4H3,(H,15,16,17). The van der Waals surface area contributed by atoms with E-state index in [1.54, 1.807) is 0 Å². The van der Waals surface area contributed by atoms with Crippen molar-refractivity contribution >= 4 is 5.82 Å². The van der Waals surface area contributed by atoms with Crippen molar-refractivity contribution in [1.82, 2.24) is 9.97 Å². The van der Waals surface area contributed by atoms with Crippen molar-refractivity contribution in [2.75, 3.05) is 11.9 Å². The molecule has 0 radical (unpaired) electrons. The van der Waals surface area contributed by atoms with E-state index >= 15 is 0 Å². The molecule has 2 aromatic heterocycles. The Bertz CT molecular complexity index is 551. The first-order chi connectivity index (χ1) is 9.11. The first-order valence-corrected chi connectivity index (χ1v) is 6.39. The molecule has 5 heteroatoms. The van der Waals surface area contributed by atoms with Gasteiger partial charge in [0.25, 0.3) is 0 Å². The van der Waals surface area contributed by atoms with E-state index in [0.717, 1.165) is 22.9 Å². The summed E-state index contributed by atoms with van der Waals surface area (Å²) in [5.41, 5.74) is 0.902. The molecular formula is C14H19N3O2. The first kappa shape index (κ1) is 13.4. The summed E-state index contributed by atoms with van der Waals surface area (Å²) in [6.45, 7) is 8.42. The maximum atomic E-state index is 5.60. The number of anilines is 1. The average Bonchev–Trinajstić information content (AvgIpc) is 2.81. The van der Waals surface area contributed by atoms with Gasteiger partial charge in [0.1, 0.15) is 23.7 Å². The molecule has 1 unspecified atom stereocenters. The van der Waals surface area contributed by atoms with Crippen LogP contribution in [0.1, 0.15) is 37.0 Å². The van der Waals surface area contributed by atoms with Crippen molar-refractivity contribution in [3.63, 3.8) is 0 Å². The van der Waals surface area contributed by atoms with E-state index in [2.05, 4.69) is 15.3 Å². The SMILES string of the molecule is CCOc1ncnc(NC(C)c2ccc(C)o2)c1C. The third-order valence-electron chi connectivity index (χ3n) is 2.86. The predicted molar refractivity (Wildman–Crippen MR) is 73.4 cm³/mol. The van der Waals surface area contributed by atoms with Gasteiger partial charge in [0.2, 0.25) is 5.88 Å². The van der Waals surface area contributed by atoms with Crippen LogP contribution in [0.25, 0.3) is 0 Å². The van der Waals surface area contributed by atoms with Crippen LogP contribution in [-0.4, -0.2) is 16.6 Å². The van der Waals surface area contributed by atoms with Crippen LogP contribution in [0, 0.1) is 13.8 Å². The second-order valence-corrected chi connectivity index (χ2v) is 4.40. The molecule has 0 aliphatic rings. The molecule has 5 nitrogen and oxygen atoms in total. The van der Waals surface area contributed by atoms with Gasteiger partial charge in [-0.2, -0.15) is 0 Å². The van der Waals surface area contributed by atoms with Gasteiger partial charge in [-0.15, -0.1) is 0 Å². The third kappa shape index (κ3) is 3.05. The van der Waals surface area contributed by atoms with E-state index < -0.39 is 0 Å². The van der Waals surface area contributed by atoms with Crippen molar-refractivity contribution in [2.24, 2.45) is 0 Å². The largest absolute Gasteiger partial charge is 0.478 e. The minimum Gasteiger partial charge on any atom is -0.478 e. The smallest absolute Gasteiger partial charge is 0.221 e. The summed E-state index contributed by atoms with van der Waals surface area (Å²) in [5.74, 6) is 3.16. The average molecular weight is 261 g/mol. The van der Waals surface area contributed by atoms with Crippen molar-refractivity contribution in [2.45, 2.75) is 33.7 Å². The van der Waals surface area contributed by atoms with Crippen LogP contribution < -0.4 is 10.1 Å². The van der Waals surface area contributed by atoms with Crippen LogP contribution >= 0.6 is 0 Å². The summed E-state index contributed by atoms with van der Waals surface area (Å²) >= 11 is 0. The molecule has 19 heavy (non-hydrogen) atoms. The van der Waals surface area contributed by atoms with E-state index in [1.807, 2.05) is 39.8 Å². The van der Waals surface area contributed by atoms with E-state index in [0.29, 0.717) is 12.5 Å². The molecule has 0 aromatic carbocycles. The lowest BCUT2D eigenvalue weighted by Gasteiger charge is -2.15. The molecule has 1 atom stereocenters. The zero-order chi connectivity index (χ0) is 13.8. The molecule has 0 aliphatic heterocycles. The lowest BCUT2D eigenvalue weighted by molar-refractivity contribution is 0.323. The summed E-state index contributed by atoms with van der Waals surface area (Å²) in [7, 11) is 0. The number of rotatable bonds is 5. The third-order valence-corrected chi connectivity index (χ3v) is 2.86. The number of hydrogen-bond acceptors (Lipinski definition) is 5. The van der Waals surface area contributed by atoms with Crippen LogP contribution in [0.4, 0.5) is 5.82 Å². The highest BCUT2D eigenvalue weighted by molar-refractivity contribution is 5.48. The Morgan fingerprint density at radius 3 is 2.74 bits per heavy atom. The van der Waals surface area contributed by atoms with Crippen LogP contribution in [0.3, 0.4) is 0 Å². The van der Waals surface area contributed by atoms with E-state index in [4.69, 9.17) is 9.15 Å². The molecule has 0 saturated carbocycles. The van der Waals surface area contributed by atoms with Crippen molar-refractivity contribution in [1.29, 1.82) is 0 Å². The molecule has 0 spiro atoms. The Kier molecular flexibility index (Phi) is 4.04. The van der Waals surface area contributed by atoms with Crippen LogP contribution in [0.5, 0.6) is 5.88 Å². The number of aryl methyl sites for hydroxylation is 1. The van der Waals surface area contributed by atoms with Crippen molar-refractivity contribution < 1.29 is 9.15 Å². The highest BCUT2D eigenvalue weighted by atomic mass is 16.5. The molecule has 0 amide bonds. The predicted octanol–water partition coefficient (Wildman–Crippen LogP) is 3.26. The maximum absolute atomic E-state index is 5.60. The molecule has 0 fully saturated rings. The normalized spacial score (nSPS) is 12.2. The zero-order valence-electron chi connectivity index (χ0n) is 11.7. The molecule has 0 saturated heterocycles. The maximum Gasteiger partial charge on any atom is 0.221 e. The van der Waals surface area contributed by atoms with Crippen LogP contribution in [0.2, 0.25) is 0 Å². The zero-order valence-corrected chi connectivity index (χ0v) is 11.7. The Morgan fingerprint density at radius 2 is 2.11 bits per heavy atom. The lowest BCUT2D eigenvalue weighted by Crippen LogP contribution is -2.10. The molecular weight excluding hydrogens is 242 g/mol. The minimum atomic E-state index is 0.0387. The number of furan rings is 1. The lowest BCUT2D eigenvalue weighted by atomic mass is 10.2. The first-order valence-electron chi connectivity index (χ1n) is 6.39. The Balaban J connectivity index is 2.16. The fourth-order valence-electron chi connectivity index (χ4n) is 1.82. The summed E-state index contributed by atoms with van der Waals surface area (Å²) in [6.07, 6.45) is 1.50. The number of nitrogens with zero attached hydrogens (tertiary/aromatic N) is 2. The second-order valence-electron chi connectivity index (χ2n) is 4.40. The molecule has 0 bridgehead atoms. The van der Waals surface area contributed by atoms with Gasteiger partial charge in [-0.1, -0.05) is 0 Å². The van der Waals surface area contributed by atoms with E-state index in [1.165, 1.54) is 6.33 Å². The number of ether oxygens (including phenoxy) is 1. The van der Waals surface area contributed by atoms with Gasteiger partial charge < -0.3 is 14.5 Å². The quantitative estimate of drug-likeness (QED) is 0.895. The molecule has 102 valence electrons. The Morgan fingerprint density at radius 1 is 1.32 bits per heavy atom. The molecule has 2 heterocycles. The fraction of sp³-hybridized carbons (Fsp3) is 0.429. The van der Waals surface area contributed by atoms with E-state index in [-0.39, 0.29) is 6.04 Å². The summed E-state index contributed by atoms with van der Waals surface area (Å²) in [6, 6.07) is 3.95. The number of nitrogens with one attached hydrogen (secondary N) is 1. The Hall–Kier alpha value is -2.04. The van der Waals surface area contributed by atoms with E-state index in [9.17, 15) is 0 Å². The van der Waals surface area contributed by atoms with Gasteiger partial charge in [-0.3, -0.25) is 0 Å². The highest BCUT2D eigenvalue weighted by Gasteiger charge is 2.13. The molecule has 2 aromatic rings. The van der Waals surface area contributed by atoms with Crippen molar-refractivity contribution in [3.8, 4) is 5.88 Å². The van der Waals surface area contributed by atoms with Gasteiger partial charge in [-0.25, -0.2) is 9.97 Å². The Labute approximate surface area is 113 Å². The minimum absolute atomic E-state index is 0.0387. The number of hydrogen-bond donors (Lipinski definition) is 1. The van der Waals surface area contributed by atoms with Gasteiger partial charge in [0.15, 0.2) is 0 Å². The van der Waals surface area contributed by atoms with Gasteiger partial charge in [0, 0.05) is 0 Å². The second kappa shape index (κ2) is 5.73. The fourth-order valence-corrected chi connectivity index (χ4v) is 1.82. The summed E-state index contributed by atoms with van der Waals surface area (Å²) < 4.78 is 11.1. The molecule has 1 N–H and O–H groups in total. The molecule has 2 rings (SSSR count). The topological polar surface area (TPSA) is 60.2 Å². The highest BCUT2D eigenvalue weighted by Crippen LogP contribution is 2.25. The van der Waals surface area contributed by atoms with Gasteiger partial charge in [0.05, 0.1) is 18.2 Å². The van der Waals surface area contributed by atoms with Gasteiger partial charge >= 0.3 is 0 Å². The van der Waals surface area contributed by atoms with Crippen LogP contribution in [-0.2, 0) is 0 Å². The summed E-state index contributed by atoms with van der Waals surface area (Å²) in [4.78, 5) is 8.37. The number of aromatic nitrogens is 2. The van der Waals surface area contributed by atoms with Crippen LogP contribution in [0.15, 0.2) is 22.9 Å². The summed E-state index contributed by atoms with van der Waals surface area (Å²) in [5, 5.41) is 3.31. The van der Waals surface area contributed by atoms with Crippen molar-refractivity contribution in [3.05, 3.63) is 35.5 Å². The van der Waals surface area contributed by atoms with Gasteiger partial charge in [-0.05, 0) is 39.8 Å². The molecule has 0 aliphatic carbocycles. The monoisotopic (exact) mass is 261 g/mol.